The molecular formula is C21H21N3O2S. The molecule has 0 bridgehead atoms. The quantitative estimate of drug-likeness (QED) is 0.665. The average molecular weight is 379 g/mol. The summed E-state index contributed by atoms with van der Waals surface area (Å²) < 4.78 is 1.02. The second kappa shape index (κ2) is 7.48. The normalized spacial score (nSPS) is 13.5. The van der Waals surface area contributed by atoms with Crippen LogP contribution in [0.3, 0.4) is 0 Å². The molecule has 0 unspecified atom stereocenters. The molecule has 1 aromatic heterocycles. The number of carbonyl (C=O) groups is 2. The van der Waals surface area contributed by atoms with E-state index in [4.69, 9.17) is 0 Å². The van der Waals surface area contributed by atoms with Crippen molar-refractivity contribution in [1.29, 1.82) is 0 Å². The number of fused-ring (bicyclic) bond motifs is 1. The van der Waals surface area contributed by atoms with Crippen molar-refractivity contribution in [2.24, 2.45) is 5.92 Å². The van der Waals surface area contributed by atoms with Gasteiger partial charge in [0.1, 0.15) is 0 Å². The number of nitrogens with one attached hydrogen (secondary N) is 2. The predicted octanol–water partition coefficient (Wildman–Crippen LogP) is 4.45. The Morgan fingerprint density at radius 3 is 2.74 bits per heavy atom. The topological polar surface area (TPSA) is 71.1 Å². The number of anilines is 1. The minimum atomic E-state index is -0.0424. The summed E-state index contributed by atoms with van der Waals surface area (Å²) in [5, 5.41) is 6.43. The Kier molecular flexibility index (Phi) is 4.90. The molecule has 1 aliphatic rings. The molecule has 1 heterocycles. The number of rotatable bonds is 6. The zero-order chi connectivity index (χ0) is 18.8. The van der Waals surface area contributed by atoms with Gasteiger partial charge in [0, 0.05) is 18.5 Å². The summed E-state index contributed by atoms with van der Waals surface area (Å²) in [5.74, 6) is 0.592. The van der Waals surface area contributed by atoms with Crippen LogP contribution in [0.1, 0.15) is 36.5 Å². The highest BCUT2D eigenvalue weighted by molar-refractivity contribution is 7.22. The van der Waals surface area contributed by atoms with Crippen LogP contribution >= 0.6 is 11.3 Å². The monoisotopic (exact) mass is 379 g/mol. The van der Waals surface area contributed by atoms with E-state index in [9.17, 15) is 9.59 Å². The number of hydrogen-bond acceptors (Lipinski definition) is 4. The number of thiazole rings is 1. The molecule has 2 amide bonds. The van der Waals surface area contributed by atoms with E-state index in [2.05, 4.69) is 15.6 Å². The van der Waals surface area contributed by atoms with Crippen LogP contribution in [0.25, 0.3) is 21.3 Å². The van der Waals surface area contributed by atoms with E-state index in [-0.39, 0.29) is 11.8 Å². The molecule has 0 atom stereocenters. The summed E-state index contributed by atoms with van der Waals surface area (Å²) in [6, 6.07) is 13.7. The fourth-order valence-electron chi connectivity index (χ4n) is 2.87. The zero-order valence-electron chi connectivity index (χ0n) is 15.1. The fraction of sp³-hybridized carbons (Fsp3) is 0.286. The van der Waals surface area contributed by atoms with E-state index in [1.165, 1.54) is 24.2 Å². The third kappa shape index (κ3) is 4.17. The molecule has 6 heteroatoms. The number of amides is 2. The van der Waals surface area contributed by atoms with Crippen molar-refractivity contribution in [3.63, 3.8) is 0 Å². The first-order chi connectivity index (χ1) is 13.1. The van der Waals surface area contributed by atoms with E-state index in [1.54, 1.807) is 0 Å². The lowest BCUT2D eigenvalue weighted by atomic mass is 10.0. The molecule has 0 radical (unpaired) electrons. The Labute approximate surface area is 161 Å². The van der Waals surface area contributed by atoms with Gasteiger partial charge in [-0.3, -0.25) is 9.59 Å². The van der Waals surface area contributed by atoms with Gasteiger partial charge in [-0.2, -0.15) is 0 Å². The molecule has 5 nitrogen and oxygen atoms in total. The Balaban J connectivity index is 1.56. The molecule has 3 aromatic rings. The molecule has 4 rings (SSSR count). The molecule has 1 fully saturated rings. The Hall–Kier alpha value is -2.73. The van der Waals surface area contributed by atoms with Crippen molar-refractivity contribution in [2.75, 3.05) is 11.9 Å². The predicted molar refractivity (Wildman–Crippen MR) is 109 cm³/mol. The lowest BCUT2D eigenvalue weighted by molar-refractivity contribution is -0.115. The Morgan fingerprint density at radius 1 is 1.15 bits per heavy atom. The van der Waals surface area contributed by atoms with Gasteiger partial charge < -0.3 is 10.6 Å². The van der Waals surface area contributed by atoms with Crippen molar-refractivity contribution >= 4 is 38.5 Å². The SMILES string of the molecule is CCC(=O)Nc1nc2cc(-c3cccc(C(=O)NCC4CC4)c3)ccc2s1. The van der Waals surface area contributed by atoms with Gasteiger partial charge in [-0.05, 0) is 54.2 Å². The zero-order valence-corrected chi connectivity index (χ0v) is 15.9. The number of benzene rings is 2. The first-order valence-electron chi connectivity index (χ1n) is 9.21. The summed E-state index contributed by atoms with van der Waals surface area (Å²) in [7, 11) is 0. The van der Waals surface area contributed by atoms with Gasteiger partial charge >= 0.3 is 0 Å². The third-order valence-electron chi connectivity index (χ3n) is 4.66. The molecule has 0 saturated heterocycles. The highest BCUT2D eigenvalue weighted by atomic mass is 32.1. The van der Waals surface area contributed by atoms with Gasteiger partial charge in [0.15, 0.2) is 5.13 Å². The van der Waals surface area contributed by atoms with E-state index in [0.717, 1.165) is 27.9 Å². The highest BCUT2D eigenvalue weighted by Crippen LogP contribution is 2.31. The molecule has 2 aromatic carbocycles. The molecule has 1 saturated carbocycles. The second-order valence-electron chi connectivity index (χ2n) is 6.84. The van der Waals surface area contributed by atoms with Gasteiger partial charge in [-0.1, -0.05) is 36.5 Å². The first kappa shape index (κ1) is 17.7. The Bertz CT molecular complexity index is 1010. The lowest BCUT2D eigenvalue weighted by Crippen LogP contribution is -2.25. The number of nitrogens with zero attached hydrogens (tertiary/aromatic N) is 1. The summed E-state index contributed by atoms with van der Waals surface area (Å²) in [6.07, 6.45) is 2.86. The summed E-state index contributed by atoms with van der Waals surface area (Å²) in [5.41, 5.74) is 3.48. The lowest BCUT2D eigenvalue weighted by Gasteiger charge is -2.07. The maximum absolute atomic E-state index is 12.3. The fourth-order valence-corrected chi connectivity index (χ4v) is 3.73. The largest absolute Gasteiger partial charge is 0.352 e. The van der Waals surface area contributed by atoms with E-state index < -0.39 is 0 Å². The molecule has 0 spiro atoms. The van der Waals surface area contributed by atoms with Crippen LogP contribution in [0.4, 0.5) is 5.13 Å². The van der Waals surface area contributed by atoms with Crippen molar-refractivity contribution in [2.45, 2.75) is 26.2 Å². The van der Waals surface area contributed by atoms with Gasteiger partial charge in [0.2, 0.25) is 5.91 Å². The second-order valence-corrected chi connectivity index (χ2v) is 7.87. The minimum absolute atomic E-state index is 0.0250. The number of hydrogen-bond donors (Lipinski definition) is 2. The molecule has 27 heavy (non-hydrogen) atoms. The molecule has 138 valence electrons. The van der Waals surface area contributed by atoms with Crippen molar-refractivity contribution < 1.29 is 9.59 Å². The van der Waals surface area contributed by atoms with Crippen LogP contribution in [0, 0.1) is 5.92 Å². The summed E-state index contributed by atoms with van der Waals surface area (Å²) in [6.45, 7) is 2.58. The smallest absolute Gasteiger partial charge is 0.251 e. The standard InChI is InChI=1S/C21H21N3O2S/c1-2-19(25)24-21-23-17-11-15(8-9-18(17)27-21)14-4-3-5-16(10-14)20(26)22-12-13-6-7-13/h3-5,8-11,13H,2,6-7,12H2,1H3,(H,22,26)(H,23,24,25). The van der Waals surface area contributed by atoms with Gasteiger partial charge in [-0.15, -0.1) is 0 Å². The van der Waals surface area contributed by atoms with Crippen molar-refractivity contribution in [3.05, 3.63) is 48.0 Å². The first-order valence-corrected chi connectivity index (χ1v) is 10.0. The molecular weight excluding hydrogens is 358 g/mol. The molecule has 2 N–H and O–H groups in total. The van der Waals surface area contributed by atoms with Crippen LogP contribution < -0.4 is 10.6 Å². The van der Waals surface area contributed by atoms with E-state index in [1.807, 2.05) is 49.4 Å². The van der Waals surface area contributed by atoms with Gasteiger partial charge in [0.05, 0.1) is 10.2 Å². The van der Waals surface area contributed by atoms with E-state index in [0.29, 0.717) is 23.0 Å². The van der Waals surface area contributed by atoms with Crippen molar-refractivity contribution in [1.82, 2.24) is 10.3 Å². The minimum Gasteiger partial charge on any atom is -0.352 e. The van der Waals surface area contributed by atoms with Crippen molar-refractivity contribution in [3.8, 4) is 11.1 Å². The highest BCUT2D eigenvalue weighted by Gasteiger charge is 2.21. The molecule has 1 aliphatic carbocycles. The third-order valence-corrected chi connectivity index (χ3v) is 5.61. The average Bonchev–Trinajstić information content (AvgIpc) is 3.44. The van der Waals surface area contributed by atoms with Crippen LogP contribution in [-0.4, -0.2) is 23.3 Å². The van der Waals surface area contributed by atoms with Crippen LogP contribution in [0.2, 0.25) is 0 Å². The van der Waals surface area contributed by atoms with E-state index >= 15 is 0 Å². The van der Waals surface area contributed by atoms with Crippen LogP contribution in [-0.2, 0) is 4.79 Å². The number of aromatic nitrogens is 1. The maximum Gasteiger partial charge on any atom is 0.251 e. The number of carbonyl (C=O) groups excluding carboxylic acids is 2. The van der Waals surface area contributed by atoms with Gasteiger partial charge in [-0.25, -0.2) is 4.98 Å². The summed E-state index contributed by atoms with van der Waals surface area (Å²) in [4.78, 5) is 28.4. The Morgan fingerprint density at radius 2 is 1.96 bits per heavy atom. The summed E-state index contributed by atoms with van der Waals surface area (Å²) >= 11 is 1.46. The maximum atomic E-state index is 12.3. The molecule has 0 aliphatic heterocycles. The van der Waals surface area contributed by atoms with Crippen LogP contribution in [0.15, 0.2) is 42.5 Å². The van der Waals surface area contributed by atoms with Gasteiger partial charge in [0.25, 0.3) is 5.91 Å². The van der Waals surface area contributed by atoms with Crippen LogP contribution in [0.5, 0.6) is 0 Å².